The fraction of sp³-hybridized carbons (Fsp3) is 0.571. The Labute approximate surface area is 123 Å². The number of benzene rings is 1. The second-order valence-corrected chi connectivity index (χ2v) is 6.22. The van der Waals surface area contributed by atoms with Crippen LogP contribution in [0.15, 0.2) is 22.7 Å². The lowest BCUT2D eigenvalue weighted by atomic mass is 9.84. The van der Waals surface area contributed by atoms with Crippen molar-refractivity contribution in [3.05, 3.63) is 28.2 Å². The Morgan fingerprint density at radius 1 is 1.47 bits per heavy atom. The summed E-state index contributed by atoms with van der Waals surface area (Å²) in [6.07, 6.45) is 0. The summed E-state index contributed by atoms with van der Waals surface area (Å²) < 4.78 is 6.45. The third-order valence-electron chi connectivity index (χ3n) is 3.10. The first-order chi connectivity index (χ1) is 8.90. The highest BCUT2D eigenvalue weighted by atomic mass is 79.9. The predicted octanol–water partition coefficient (Wildman–Crippen LogP) is 1.64. The summed E-state index contributed by atoms with van der Waals surface area (Å²) >= 11 is 3.49. The molecular weight excluding hydrogens is 308 g/mol. The first-order valence-electron chi connectivity index (χ1n) is 6.32. The average Bonchev–Trinajstić information content (AvgIpc) is 2.38. The van der Waals surface area contributed by atoms with Crippen LogP contribution >= 0.6 is 15.9 Å². The summed E-state index contributed by atoms with van der Waals surface area (Å²) in [7, 11) is 1.68. The topological polar surface area (TPSA) is 67.5 Å². The molecule has 1 aromatic rings. The number of halogens is 1. The van der Waals surface area contributed by atoms with Crippen LogP contribution in [0.4, 0.5) is 0 Å². The minimum Gasteiger partial charge on any atom is -0.496 e. The molecule has 0 radical (unpaired) electrons. The number of nitrogens with one attached hydrogen (secondary N) is 1. The second kappa shape index (κ2) is 7.24. The number of ether oxygens (including phenoxy) is 1. The quantitative estimate of drug-likeness (QED) is 0.711. The van der Waals surface area contributed by atoms with Gasteiger partial charge in [-0.05, 0) is 18.2 Å². The Hall–Kier alpha value is -0.620. The molecule has 1 atom stereocenters. The summed E-state index contributed by atoms with van der Waals surface area (Å²) in [5.74, 6) is 0.876. The maximum atomic E-state index is 8.91. The van der Waals surface area contributed by atoms with Gasteiger partial charge >= 0.3 is 0 Å². The van der Waals surface area contributed by atoms with E-state index in [2.05, 4.69) is 41.2 Å². The van der Waals surface area contributed by atoms with E-state index in [4.69, 9.17) is 15.6 Å². The van der Waals surface area contributed by atoms with E-state index in [1.807, 2.05) is 12.1 Å². The van der Waals surface area contributed by atoms with E-state index in [9.17, 15) is 0 Å². The molecule has 0 aromatic heterocycles. The SMILES string of the molecule is COc1ccc(Br)cc1C(C)(C)CNCC(N)CO. The first-order valence-corrected chi connectivity index (χ1v) is 7.11. The van der Waals surface area contributed by atoms with Gasteiger partial charge in [-0.1, -0.05) is 29.8 Å². The number of aliphatic hydroxyl groups excluding tert-OH is 1. The zero-order chi connectivity index (χ0) is 14.5. The molecule has 0 amide bonds. The van der Waals surface area contributed by atoms with Crippen LogP contribution in [-0.4, -0.2) is 38.0 Å². The van der Waals surface area contributed by atoms with Crippen LogP contribution < -0.4 is 15.8 Å². The highest BCUT2D eigenvalue weighted by molar-refractivity contribution is 9.10. The largest absolute Gasteiger partial charge is 0.496 e. The van der Waals surface area contributed by atoms with Gasteiger partial charge in [-0.2, -0.15) is 0 Å². The molecule has 1 unspecified atom stereocenters. The molecule has 0 aliphatic carbocycles. The highest BCUT2D eigenvalue weighted by Crippen LogP contribution is 2.33. The summed E-state index contributed by atoms with van der Waals surface area (Å²) in [5, 5.41) is 12.2. The van der Waals surface area contributed by atoms with Crippen LogP contribution in [0.1, 0.15) is 19.4 Å². The molecule has 108 valence electrons. The average molecular weight is 331 g/mol. The molecule has 0 saturated heterocycles. The molecule has 0 spiro atoms. The van der Waals surface area contributed by atoms with Crippen LogP contribution in [0.2, 0.25) is 0 Å². The fourth-order valence-electron chi connectivity index (χ4n) is 1.94. The minimum atomic E-state index is -0.222. The van der Waals surface area contributed by atoms with Gasteiger partial charge in [-0.3, -0.25) is 0 Å². The normalized spacial score (nSPS) is 13.4. The summed E-state index contributed by atoms with van der Waals surface area (Å²) in [4.78, 5) is 0. The van der Waals surface area contributed by atoms with Crippen LogP contribution in [0, 0.1) is 0 Å². The Bertz CT molecular complexity index is 410. The Morgan fingerprint density at radius 3 is 2.74 bits per heavy atom. The summed E-state index contributed by atoms with van der Waals surface area (Å²) in [6.45, 7) is 5.64. The molecule has 1 rings (SSSR count). The fourth-order valence-corrected chi connectivity index (χ4v) is 2.30. The van der Waals surface area contributed by atoms with Crippen molar-refractivity contribution in [3.8, 4) is 5.75 Å². The lowest BCUT2D eigenvalue weighted by Gasteiger charge is -2.28. The van der Waals surface area contributed by atoms with Gasteiger partial charge in [0.15, 0.2) is 0 Å². The maximum absolute atomic E-state index is 8.91. The minimum absolute atomic E-state index is 0.00631. The van der Waals surface area contributed by atoms with Crippen LogP contribution in [0.3, 0.4) is 0 Å². The molecule has 0 saturated carbocycles. The monoisotopic (exact) mass is 330 g/mol. The van der Waals surface area contributed by atoms with Crippen molar-refractivity contribution in [3.63, 3.8) is 0 Å². The molecule has 4 nitrogen and oxygen atoms in total. The number of methoxy groups -OCH3 is 1. The second-order valence-electron chi connectivity index (χ2n) is 5.30. The van der Waals surface area contributed by atoms with Crippen LogP contribution in [0.5, 0.6) is 5.75 Å². The number of aliphatic hydroxyl groups is 1. The lowest BCUT2D eigenvalue weighted by molar-refractivity contribution is 0.260. The van der Waals surface area contributed by atoms with Crippen molar-refractivity contribution in [1.29, 1.82) is 0 Å². The third kappa shape index (κ3) is 4.76. The van der Waals surface area contributed by atoms with E-state index in [1.54, 1.807) is 7.11 Å². The number of rotatable bonds is 7. The number of nitrogens with two attached hydrogens (primary N) is 1. The van der Waals surface area contributed by atoms with Crippen LogP contribution in [-0.2, 0) is 5.41 Å². The van der Waals surface area contributed by atoms with Crippen molar-refractivity contribution in [1.82, 2.24) is 5.32 Å². The summed E-state index contributed by atoms with van der Waals surface area (Å²) in [5.41, 5.74) is 6.72. The smallest absolute Gasteiger partial charge is 0.122 e. The number of hydrogen-bond acceptors (Lipinski definition) is 4. The molecule has 0 aliphatic heterocycles. The standard InChI is InChI=1S/C14H23BrN2O2/c1-14(2,9-17-7-11(16)8-18)12-6-10(15)4-5-13(12)19-3/h4-6,11,17-18H,7-9,16H2,1-3H3. The van der Waals surface area contributed by atoms with E-state index >= 15 is 0 Å². The van der Waals surface area contributed by atoms with Gasteiger partial charge in [-0.15, -0.1) is 0 Å². The highest BCUT2D eigenvalue weighted by Gasteiger charge is 2.24. The van der Waals surface area contributed by atoms with Gasteiger partial charge < -0.3 is 20.9 Å². The van der Waals surface area contributed by atoms with Crippen LogP contribution in [0.25, 0.3) is 0 Å². The van der Waals surface area contributed by atoms with Gasteiger partial charge in [0, 0.05) is 34.6 Å². The van der Waals surface area contributed by atoms with Gasteiger partial charge in [-0.25, -0.2) is 0 Å². The predicted molar refractivity (Wildman–Crippen MR) is 81.7 cm³/mol. The van der Waals surface area contributed by atoms with Crippen molar-refractivity contribution < 1.29 is 9.84 Å². The van der Waals surface area contributed by atoms with E-state index in [-0.39, 0.29) is 18.1 Å². The van der Waals surface area contributed by atoms with E-state index < -0.39 is 0 Å². The van der Waals surface area contributed by atoms with Gasteiger partial charge in [0.1, 0.15) is 5.75 Å². The lowest BCUT2D eigenvalue weighted by Crippen LogP contribution is -2.41. The van der Waals surface area contributed by atoms with Crippen molar-refractivity contribution in [2.24, 2.45) is 5.73 Å². The van der Waals surface area contributed by atoms with E-state index in [0.717, 1.165) is 22.3 Å². The maximum Gasteiger partial charge on any atom is 0.122 e. The molecule has 19 heavy (non-hydrogen) atoms. The molecular formula is C14H23BrN2O2. The molecule has 4 N–H and O–H groups in total. The Kier molecular flexibility index (Phi) is 6.26. The summed E-state index contributed by atoms with van der Waals surface area (Å²) in [6, 6.07) is 5.78. The zero-order valence-corrected chi connectivity index (χ0v) is 13.3. The van der Waals surface area contributed by atoms with Gasteiger partial charge in [0.25, 0.3) is 0 Å². The third-order valence-corrected chi connectivity index (χ3v) is 3.59. The Morgan fingerprint density at radius 2 is 2.16 bits per heavy atom. The first kappa shape index (κ1) is 16.4. The van der Waals surface area contributed by atoms with Gasteiger partial charge in [0.2, 0.25) is 0 Å². The van der Waals surface area contributed by atoms with Gasteiger partial charge in [0.05, 0.1) is 13.7 Å². The van der Waals surface area contributed by atoms with E-state index in [1.165, 1.54) is 0 Å². The molecule has 0 heterocycles. The molecule has 1 aromatic carbocycles. The molecule has 0 bridgehead atoms. The number of hydrogen-bond donors (Lipinski definition) is 3. The molecule has 0 aliphatic rings. The zero-order valence-electron chi connectivity index (χ0n) is 11.7. The Balaban J connectivity index is 2.78. The van der Waals surface area contributed by atoms with Crippen molar-refractivity contribution in [2.45, 2.75) is 25.3 Å². The molecule has 5 heteroatoms. The van der Waals surface area contributed by atoms with E-state index in [0.29, 0.717) is 6.54 Å². The molecule has 0 fully saturated rings. The van der Waals surface area contributed by atoms with Crippen molar-refractivity contribution >= 4 is 15.9 Å². The van der Waals surface area contributed by atoms with Crippen molar-refractivity contribution in [2.75, 3.05) is 26.8 Å².